The van der Waals surface area contributed by atoms with Gasteiger partial charge in [0.15, 0.2) is 11.5 Å². The number of methoxy groups -OCH3 is 2. The van der Waals surface area contributed by atoms with Crippen molar-refractivity contribution in [3.05, 3.63) is 52.0 Å². The van der Waals surface area contributed by atoms with Crippen molar-refractivity contribution in [1.29, 1.82) is 5.26 Å². The molecule has 0 saturated heterocycles. The number of halogens is 1. The molecule has 3 rings (SSSR count). The van der Waals surface area contributed by atoms with Gasteiger partial charge in [-0.05, 0) is 54.8 Å². The summed E-state index contributed by atoms with van der Waals surface area (Å²) in [5, 5.41) is 12.5. The molecule has 1 amide bonds. The van der Waals surface area contributed by atoms with Gasteiger partial charge in [-0.1, -0.05) is 11.6 Å². The zero-order chi connectivity index (χ0) is 20.3. The van der Waals surface area contributed by atoms with Crippen LogP contribution in [-0.4, -0.2) is 38.1 Å². The van der Waals surface area contributed by atoms with Crippen molar-refractivity contribution in [2.75, 3.05) is 32.6 Å². The minimum absolute atomic E-state index is 0.0455. The van der Waals surface area contributed by atoms with Crippen LogP contribution in [0.25, 0.3) is 0 Å². The molecule has 0 saturated carbocycles. The lowest BCUT2D eigenvalue weighted by Gasteiger charge is -2.35. The van der Waals surface area contributed by atoms with Gasteiger partial charge in [-0.25, -0.2) is 0 Å². The van der Waals surface area contributed by atoms with Gasteiger partial charge in [-0.2, -0.15) is 5.26 Å². The summed E-state index contributed by atoms with van der Waals surface area (Å²) in [5.74, 6) is 1.20. The van der Waals surface area contributed by atoms with Gasteiger partial charge in [0.2, 0.25) is 5.91 Å². The van der Waals surface area contributed by atoms with Gasteiger partial charge in [0.1, 0.15) is 6.07 Å². The molecular weight excluding hydrogens is 378 g/mol. The van der Waals surface area contributed by atoms with Gasteiger partial charge >= 0.3 is 0 Å². The van der Waals surface area contributed by atoms with E-state index in [1.165, 1.54) is 5.56 Å². The highest BCUT2D eigenvalue weighted by molar-refractivity contribution is 6.31. The maximum Gasteiger partial charge on any atom is 0.238 e. The van der Waals surface area contributed by atoms with E-state index in [0.29, 0.717) is 27.8 Å². The molecule has 1 atom stereocenters. The SMILES string of the molecule is COc1cc2c(cc1OC)C(C)N(CC(=O)Nc1cc(Cl)ccc1C#N)CC2. The number of ether oxygens (including phenoxy) is 2. The number of fused-ring (bicyclic) bond motifs is 1. The fourth-order valence-electron chi connectivity index (χ4n) is 3.50. The molecule has 28 heavy (non-hydrogen) atoms. The van der Waals surface area contributed by atoms with Gasteiger partial charge in [-0.3, -0.25) is 9.69 Å². The maximum absolute atomic E-state index is 12.6. The summed E-state index contributed by atoms with van der Waals surface area (Å²) >= 11 is 5.99. The van der Waals surface area contributed by atoms with E-state index in [1.54, 1.807) is 32.4 Å². The number of amides is 1. The number of carbonyl (C=O) groups is 1. The van der Waals surface area contributed by atoms with Crippen LogP contribution < -0.4 is 14.8 Å². The molecule has 1 unspecified atom stereocenters. The van der Waals surface area contributed by atoms with Crippen LogP contribution in [-0.2, 0) is 11.2 Å². The summed E-state index contributed by atoms with van der Waals surface area (Å²) in [6, 6.07) is 10.9. The first kappa shape index (κ1) is 20.0. The van der Waals surface area contributed by atoms with Gasteiger partial charge in [0, 0.05) is 17.6 Å². The Kier molecular flexibility index (Phi) is 6.08. The topological polar surface area (TPSA) is 74.6 Å². The molecule has 2 aromatic rings. The fraction of sp³-hybridized carbons (Fsp3) is 0.333. The standard InChI is InChI=1S/C21H22ClN3O3/c1-13-17-10-20(28-3)19(27-2)8-14(17)6-7-25(13)12-21(26)24-18-9-16(22)5-4-15(18)11-23/h4-5,8-10,13H,6-7,12H2,1-3H3,(H,24,26). The molecule has 0 spiro atoms. The lowest BCUT2D eigenvalue weighted by Crippen LogP contribution is -2.39. The summed E-state index contributed by atoms with van der Waals surface area (Å²) in [7, 11) is 3.24. The lowest BCUT2D eigenvalue weighted by molar-refractivity contribution is -0.117. The van der Waals surface area contributed by atoms with E-state index >= 15 is 0 Å². The second-order valence-corrected chi connectivity index (χ2v) is 7.09. The second kappa shape index (κ2) is 8.51. The number of nitrogens with zero attached hydrogens (tertiary/aromatic N) is 2. The molecular formula is C21H22ClN3O3. The lowest BCUT2D eigenvalue weighted by atomic mass is 9.93. The first-order valence-corrected chi connectivity index (χ1v) is 9.33. The monoisotopic (exact) mass is 399 g/mol. The smallest absolute Gasteiger partial charge is 0.238 e. The summed E-state index contributed by atoms with van der Waals surface area (Å²) in [6.45, 7) is 3.03. The van der Waals surface area contributed by atoms with Crippen molar-refractivity contribution >= 4 is 23.2 Å². The van der Waals surface area contributed by atoms with Crippen LogP contribution in [0.4, 0.5) is 5.69 Å². The van der Waals surface area contributed by atoms with Crippen molar-refractivity contribution in [2.45, 2.75) is 19.4 Å². The predicted molar refractivity (Wildman–Crippen MR) is 108 cm³/mol. The number of anilines is 1. The fourth-order valence-corrected chi connectivity index (χ4v) is 3.68. The zero-order valence-corrected chi connectivity index (χ0v) is 16.8. The largest absolute Gasteiger partial charge is 0.493 e. The Labute approximate surface area is 169 Å². The van der Waals surface area contributed by atoms with Gasteiger partial charge in [0.05, 0.1) is 32.0 Å². The van der Waals surface area contributed by atoms with Crippen LogP contribution in [0.2, 0.25) is 5.02 Å². The summed E-state index contributed by atoms with van der Waals surface area (Å²) in [6.07, 6.45) is 0.813. The number of benzene rings is 2. The Morgan fingerprint density at radius 1 is 1.29 bits per heavy atom. The molecule has 0 aliphatic carbocycles. The number of hydrogen-bond donors (Lipinski definition) is 1. The molecule has 1 N–H and O–H groups in total. The molecule has 2 aromatic carbocycles. The minimum Gasteiger partial charge on any atom is -0.493 e. The number of nitriles is 1. The van der Waals surface area contributed by atoms with Crippen molar-refractivity contribution in [2.24, 2.45) is 0 Å². The van der Waals surface area contributed by atoms with E-state index in [-0.39, 0.29) is 18.5 Å². The van der Waals surface area contributed by atoms with Gasteiger partial charge in [0.25, 0.3) is 0 Å². The number of nitrogens with one attached hydrogen (secondary N) is 1. The molecule has 1 heterocycles. The van der Waals surface area contributed by atoms with Crippen LogP contribution >= 0.6 is 11.6 Å². The van der Waals surface area contributed by atoms with Crippen molar-refractivity contribution in [3.8, 4) is 17.6 Å². The normalized spacial score (nSPS) is 16.0. The number of hydrogen-bond acceptors (Lipinski definition) is 5. The Balaban J connectivity index is 1.75. The summed E-state index contributed by atoms with van der Waals surface area (Å²) < 4.78 is 10.8. The first-order valence-electron chi connectivity index (χ1n) is 8.95. The van der Waals surface area contributed by atoms with Crippen molar-refractivity contribution < 1.29 is 14.3 Å². The third-order valence-corrected chi connectivity index (χ3v) is 5.27. The van der Waals surface area contributed by atoms with Crippen molar-refractivity contribution in [1.82, 2.24) is 4.90 Å². The van der Waals surface area contributed by atoms with Crippen LogP contribution in [0.1, 0.15) is 29.7 Å². The van der Waals surface area contributed by atoms with E-state index in [9.17, 15) is 10.1 Å². The minimum atomic E-state index is -0.186. The Bertz CT molecular complexity index is 939. The van der Waals surface area contributed by atoms with E-state index in [2.05, 4.69) is 23.2 Å². The Hall–Kier alpha value is -2.75. The third kappa shape index (κ3) is 4.06. The van der Waals surface area contributed by atoms with Crippen molar-refractivity contribution in [3.63, 3.8) is 0 Å². The molecule has 6 nitrogen and oxygen atoms in total. The molecule has 1 aliphatic rings. The predicted octanol–water partition coefficient (Wildman–Crippen LogP) is 3.79. The molecule has 0 bridgehead atoms. The van der Waals surface area contributed by atoms with Crippen LogP contribution in [0.5, 0.6) is 11.5 Å². The van der Waals surface area contributed by atoms with Crippen LogP contribution in [0.3, 0.4) is 0 Å². The van der Waals surface area contributed by atoms with Gasteiger partial charge in [-0.15, -0.1) is 0 Å². The second-order valence-electron chi connectivity index (χ2n) is 6.65. The first-order chi connectivity index (χ1) is 13.5. The highest BCUT2D eigenvalue weighted by atomic mass is 35.5. The van der Waals surface area contributed by atoms with E-state index in [1.807, 2.05) is 12.1 Å². The molecule has 0 aromatic heterocycles. The van der Waals surface area contributed by atoms with E-state index < -0.39 is 0 Å². The van der Waals surface area contributed by atoms with Gasteiger partial charge < -0.3 is 14.8 Å². The highest BCUT2D eigenvalue weighted by Gasteiger charge is 2.27. The molecule has 0 radical (unpaired) electrons. The maximum atomic E-state index is 12.6. The zero-order valence-electron chi connectivity index (χ0n) is 16.1. The average molecular weight is 400 g/mol. The quantitative estimate of drug-likeness (QED) is 0.827. The molecule has 0 fully saturated rings. The average Bonchev–Trinajstić information content (AvgIpc) is 2.69. The Morgan fingerprint density at radius 2 is 2.00 bits per heavy atom. The summed E-state index contributed by atoms with van der Waals surface area (Å²) in [5.41, 5.74) is 3.13. The number of carbonyl (C=O) groups excluding carboxylic acids is 1. The van der Waals surface area contributed by atoms with Crippen LogP contribution in [0, 0.1) is 11.3 Å². The van der Waals surface area contributed by atoms with E-state index in [0.717, 1.165) is 18.5 Å². The molecule has 7 heteroatoms. The Morgan fingerprint density at radius 3 is 2.68 bits per heavy atom. The molecule has 1 aliphatic heterocycles. The molecule has 146 valence electrons. The van der Waals surface area contributed by atoms with Crippen LogP contribution in [0.15, 0.2) is 30.3 Å². The summed E-state index contributed by atoms with van der Waals surface area (Å²) in [4.78, 5) is 14.7. The third-order valence-electron chi connectivity index (χ3n) is 5.03. The number of rotatable bonds is 5. The van der Waals surface area contributed by atoms with E-state index in [4.69, 9.17) is 21.1 Å². The highest BCUT2D eigenvalue weighted by Crippen LogP contribution is 2.37.